The number of amides is 1. The lowest BCUT2D eigenvalue weighted by atomic mass is 10.1. The average Bonchev–Trinajstić information content (AvgIpc) is 2.81. The van der Waals surface area contributed by atoms with Crippen LogP contribution < -0.4 is 21.1 Å². The summed E-state index contributed by atoms with van der Waals surface area (Å²) in [5.74, 6) is -0.751. The summed E-state index contributed by atoms with van der Waals surface area (Å²) < 4.78 is 18.9. The highest BCUT2D eigenvalue weighted by atomic mass is 19.1. The van der Waals surface area contributed by atoms with Gasteiger partial charge in [0.05, 0.1) is 18.0 Å². The van der Waals surface area contributed by atoms with Gasteiger partial charge in [0, 0.05) is 18.7 Å². The second-order valence-corrected chi connectivity index (χ2v) is 4.53. The molecule has 0 aliphatic carbocycles. The lowest BCUT2D eigenvalue weighted by molar-refractivity contribution is -0.119. The fourth-order valence-electron chi connectivity index (χ4n) is 2.42. The minimum atomic E-state index is -0.502. The number of hydrogen-bond acceptors (Lipinski definition) is 4. The van der Waals surface area contributed by atoms with Crippen LogP contribution in [0.2, 0.25) is 0 Å². The maximum atomic E-state index is 13.6. The van der Waals surface area contributed by atoms with E-state index in [9.17, 15) is 9.18 Å². The molecule has 1 aliphatic heterocycles. The van der Waals surface area contributed by atoms with Crippen LogP contribution in [-0.4, -0.2) is 25.1 Å². The van der Waals surface area contributed by atoms with E-state index >= 15 is 0 Å². The van der Waals surface area contributed by atoms with Crippen LogP contribution >= 0.6 is 0 Å². The van der Waals surface area contributed by atoms with E-state index in [1.807, 2.05) is 4.90 Å². The number of primary amides is 1. The molecule has 5 nitrogen and oxygen atoms in total. The molecule has 1 saturated heterocycles. The molecule has 1 aliphatic rings. The second kappa shape index (κ2) is 5.34. The highest BCUT2D eigenvalue weighted by Crippen LogP contribution is 2.35. The van der Waals surface area contributed by atoms with Gasteiger partial charge in [-0.1, -0.05) is 0 Å². The van der Waals surface area contributed by atoms with Crippen molar-refractivity contribution >= 4 is 17.3 Å². The van der Waals surface area contributed by atoms with Crippen LogP contribution in [0.1, 0.15) is 19.8 Å². The fourth-order valence-corrected chi connectivity index (χ4v) is 2.42. The number of benzene rings is 1. The zero-order valence-corrected chi connectivity index (χ0v) is 10.9. The number of rotatable bonds is 4. The van der Waals surface area contributed by atoms with Gasteiger partial charge < -0.3 is 21.1 Å². The summed E-state index contributed by atoms with van der Waals surface area (Å²) in [5, 5.41) is 0. The van der Waals surface area contributed by atoms with Crippen LogP contribution in [0.5, 0.6) is 5.75 Å². The SMILES string of the molecule is CCOc1cc(N2CCCC2C(N)=O)c(N)cc1F. The Bertz CT molecular complexity index is 493. The topological polar surface area (TPSA) is 81.6 Å². The molecule has 0 bridgehead atoms. The van der Waals surface area contributed by atoms with Crippen molar-refractivity contribution in [3.8, 4) is 5.75 Å². The van der Waals surface area contributed by atoms with Crippen molar-refractivity contribution in [3.63, 3.8) is 0 Å². The first-order chi connectivity index (χ1) is 9.04. The fraction of sp³-hybridized carbons (Fsp3) is 0.462. The van der Waals surface area contributed by atoms with Crippen LogP contribution in [0, 0.1) is 5.82 Å². The van der Waals surface area contributed by atoms with Crippen LogP contribution in [-0.2, 0) is 4.79 Å². The molecule has 104 valence electrons. The van der Waals surface area contributed by atoms with Gasteiger partial charge >= 0.3 is 0 Å². The summed E-state index contributed by atoms with van der Waals surface area (Å²) >= 11 is 0. The van der Waals surface area contributed by atoms with Gasteiger partial charge in [0.15, 0.2) is 11.6 Å². The van der Waals surface area contributed by atoms with E-state index in [4.69, 9.17) is 16.2 Å². The monoisotopic (exact) mass is 267 g/mol. The predicted octanol–water partition coefficient (Wildman–Crippen LogP) is 1.26. The molecular weight excluding hydrogens is 249 g/mol. The molecule has 0 saturated carbocycles. The molecule has 19 heavy (non-hydrogen) atoms. The van der Waals surface area contributed by atoms with Gasteiger partial charge in [-0.05, 0) is 19.8 Å². The van der Waals surface area contributed by atoms with E-state index < -0.39 is 5.82 Å². The number of hydrogen-bond donors (Lipinski definition) is 2. The molecule has 0 spiro atoms. The van der Waals surface area contributed by atoms with Crippen LogP contribution in [0.4, 0.5) is 15.8 Å². The maximum absolute atomic E-state index is 13.6. The Hall–Kier alpha value is -1.98. The van der Waals surface area contributed by atoms with E-state index in [0.717, 1.165) is 6.42 Å². The Labute approximate surface area is 111 Å². The lowest BCUT2D eigenvalue weighted by Crippen LogP contribution is -2.40. The van der Waals surface area contributed by atoms with Crippen molar-refractivity contribution in [1.29, 1.82) is 0 Å². The van der Waals surface area contributed by atoms with E-state index in [0.29, 0.717) is 25.3 Å². The molecule has 1 aromatic rings. The normalized spacial score (nSPS) is 18.6. The molecule has 1 aromatic carbocycles. The van der Waals surface area contributed by atoms with Crippen molar-refractivity contribution in [2.24, 2.45) is 5.73 Å². The quantitative estimate of drug-likeness (QED) is 0.805. The summed E-state index contributed by atoms with van der Waals surface area (Å²) in [7, 11) is 0. The molecule has 4 N–H and O–H groups in total. The van der Waals surface area contributed by atoms with Crippen LogP contribution in [0.25, 0.3) is 0 Å². The first kappa shape index (κ1) is 13.5. The zero-order chi connectivity index (χ0) is 14.0. The van der Waals surface area contributed by atoms with Crippen molar-refractivity contribution in [2.75, 3.05) is 23.8 Å². The summed E-state index contributed by atoms with van der Waals surface area (Å²) in [6.07, 6.45) is 1.55. The van der Waals surface area contributed by atoms with Gasteiger partial charge in [-0.2, -0.15) is 0 Å². The molecule has 1 heterocycles. The standard InChI is InChI=1S/C13H18FN3O2/c1-2-19-12-7-11(9(15)6-8(12)14)17-5-3-4-10(17)13(16)18/h6-7,10H,2-5,15H2,1H3,(H2,16,18). The van der Waals surface area contributed by atoms with Crippen LogP contribution in [0.3, 0.4) is 0 Å². The molecule has 1 atom stereocenters. The Kier molecular flexibility index (Phi) is 3.78. The maximum Gasteiger partial charge on any atom is 0.240 e. The number of carbonyl (C=O) groups is 1. The van der Waals surface area contributed by atoms with Crippen molar-refractivity contribution in [1.82, 2.24) is 0 Å². The number of ether oxygens (including phenoxy) is 1. The molecule has 0 radical (unpaired) electrons. The smallest absolute Gasteiger partial charge is 0.240 e. The van der Waals surface area contributed by atoms with E-state index in [-0.39, 0.29) is 23.4 Å². The number of halogens is 1. The highest BCUT2D eigenvalue weighted by Gasteiger charge is 2.30. The first-order valence-electron chi connectivity index (χ1n) is 6.32. The first-order valence-corrected chi connectivity index (χ1v) is 6.32. The van der Waals surface area contributed by atoms with Crippen LogP contribution in [0.15, 0.2) is 12.1 Å². The molecule has 0 aromatic heterocycles. The minimum absolute atomic E-state index is 0.141. The number of nitrogen functional groups attached to an aromatic ring is 1. The third-order valence-electron chi connectivity index (χ3n) is 3.27. The van der Waals surface area contributed by atoms with Gasteiger partial charge in [-0.15, -0.1) is 0 Å². The minimum Gasteiger partial charge on any atom is -0.491 e. The summed E-state index contributed by atoms with van der Waals surface area (Å²) in [4.78, 5) is 13.2. The summed E-state index contributed by atoms with van der Waals surface area (Å²) in [6.45, 7) is 2.81. The molecule has 1 fully saturated rings. The number of anilines is 2. The van der Waals surface area contributed by atoms with Crippen molar-refractivity contribution < 1.29 is 13.9 Å². The summed E-state index contributed by atoms with van der Waals surface area (Å²) in [6, 6.07) is 2.37. The van der Waals surface area contributed by atoms with Crippen molar-refractivity contribution in [3.05, 3.63) is 17.9 Å². The number of nitrogens with two attached hydrogens (primary N) is 2. The lowest BCUT2D eigenvalue weighted by Gasteiger charge is -2.26. The van der Waals surface area contributed by atoms with E-state index in [1.165, 1.54) is 12.1 Å². The number of nitrogens with zero attached hydrogens (tertiary/aromatic N) is 1. The van der Waals surface area contributed by atoms with E-state index in [1.54, 1.807) is 6.92 Å². The average molecular weight is 267 g/mol. The second-order valence-electron chi connectivity index (χ2n) is 4.53. The Balaban J connectivity index is 2.38. The third-order valence-corrected chi connectivity index (χ3v) is 3.27. The third kappa shape index (κ3) is 2.57. The van der Waals surface area contributed by atoms with E-state index in [2.05, 4.69) is 0 Å². The molecule has 2 rings (SSSR count). The summed E-state index contributed by atoms with van der Waals surface area (Å²) in [5.41, 5.74) is 12.1. The largest absolute Gasteiger partial charge is 0.491 e. The molecular formula is C13H18FN3O2. The Morgan fingerprint density at radius 3 is 2.95 bits per heavy atom. The van der Waals surface area contributed by atoms with Gasteiger partial charge in [-0.3, -0.25) is 4.79 Å². The predicted molar refractivity (Wildman–Crippen MR) is 71.5 cm³/mol. The van der Waals surface area contributed by atoms with Gasteiger partial charge in [0.25, 0.3) is 0 Å². The Morgan fingerprint density at radius 1 is 1.58 bits per heavy atom. The van der Waals surface area contributed by atoms with Gasteiger partial charge in [0.2, 0.25) is 5.91 Å². The number of carbonyl (C=O) groups excluding carboxylic acids is 1. The zero-order valence-electron chi connectivity index (χ0n) is 10.9. The highest BCUT2D eigenvalue weighted by molar-refractivity contribution is 5.86. The molecule has 1 amide bonds. The molecule has 1 unspecified atom stereocenters. The van der Waals surface area contributed by atoms with Gasteiger partial charge in [-0.25, -0.2) is 4.39 Å². The Morgan fingerprint density at radius 2 is 2.32 bits per heavy atom. The van der Waals surface area contributed by atoms with Gasteiger partial charge in [0.1, 0.15) is 6.04 Å². The van der Waals surface area contributed by atoms with Crippen molar-refractivity contribution in [2.45, 2.75) is 25.8 Å². The molecule has 6 heteroatoms.